The normalized spacial score (nSPS) is 20.5. The predicted octanol–water partition coefficient (Wildman–Crippen LogP) is 0.0763. The van der Waals surface area contributed by atoms with Gasteiger partial charge in [-0.25, -0.2) is 10.1 Å². The fourth-order valence-corrected chi connectivity index (χ4v) is 0.665. The molecule has 78 valence electrons. The molecule has 7 nitrogen and oxygen atoms in total. The molecule has 0 aromatic rings. The fourth-order valence-electron chi connectivity index (χ4n) is 0.665. The Morgan fingerprint density at radius 2 is 2.15 bits per heavy atom. The van der Waals surface area contributed by atoms with Crippen molar-refractivity contribution in [2.45, 2.75) is 12.5 Å². The molecule has 0 aromatic heterocycles. The minimum absolute atomic E-state index is 0.281. The van der Waals surface area contributed by atoms with Gasteiger partial charge in [0, 0.05) is 6.61 Å². The van der Waals surface area contributed by atoms with Crippen LogP contribution in [0.5, 0.6) is 0 Å². The molecule has 1 heterocycles. The van der Waals surface area contributed by atoms with Crippen molar-refractivity contribution in [1.29, 1.82) is 0 Å². The quantitative estimate of drug-likeness (QED) is 0.242. The topological polar surface area (TPSA) is 78.9 Å². The molecule has 7 heteroatoms. The summed E-state index contributed by atoms with van der Waals surface area (Å²) in [4.78, 5) is 4.38. The first-order valence-corrected chi connectivity index (χ1v) is 3.89. The summed E-state index contributed by atoms with van der Waals surface area (Å²) >= 11 is 0. The minimum Gasteiger partial charge on any atom is -0.379 e. The molecule has 1 rings (SSSR count). The largest absolute Gasteiger partial charge is 0.379 e. The molecule has 1 atom stereocenters. The molecule has 0 radical (unpaired) electrons. The molecular formula is C6H12O7. The molecule has 0 saturated carbocycles. The summed E-state index contributed by atoms with van der Waals surface area (Å²) in [6.45, 7) is 2.26. The van der Waals surface area contributed by atoms with E-state index in [1.165, 1.54) is 0 Å². The first-order chi connectivity index (χ1) is 6.43. The molecule has 1 N–H and O–H groups in total. The van der Waals surface area contributed by atoms with E-state index in [1.807, 2.05) is 0 Å². The van der Waals surface area contributed by atoms with Crippen molar-refractivity contribution in [1.82, 2.24) is 0 Å². The summed E-state index contributed by atoms with van der Waals surface area (Å²) in [7, 11) is 0. The summed E-state index contributed by atoms with van der Waals surface area (Å²) in [6.07, 6.45) is 0.935. The number of rotatable bonds is 9. The molecule has 0 aromatic carbocycles. The highest BCUT2D eigenvalue weighted by Gasteiger charge is 2.21. The molecule has 1 saturated heterocycles. The maximum absolute atomic E-state index is 7.61. The molecule has 1 aliphatic rings. The first-order valence-electron chi connectivity index (χ1n) is 3.89. The average molecular weight is 196 g/mol. The Balaban J connectivity index is 1.63. The Labute approximate surface area is 74.8 Å². The predicted molar refractivity (Wildman–Crippen MR) is 37.0 cm³/mol. The van der Waals surface area contributed by atoms with Crippen LogP contribution in [-0.2, 0) is 29.5 Å². The van der Waals surface area contributed by atoms with Crippen LogP contribution in [0.15, 0.2) is 0 Å². The van der Waals surface area contributed by atoms with E-state index in [1.54, 1.807) is 0 Å². The third-order valence-electron chi connectivity index (χ3n) is 1.33. The van der Waals surface area contributed by atoms with Gasteiger partial charge in [-0.05, 0) is 21.5 Å². The second-order valence-electron chi connectivity index (χ2n) is 2.42. The summed E-state index contributed by atoms with van der Waals surface area (Å²) < 4.78 is 10.1. The van der Waals surface area contributed by atoms with Crippen molar-refractivity contribution in [3.63, 3.8) is 0 Å². The zero-order valence-electron chi connectivity index (χ0n) is 7.01. The molecule has 1 fully saturated rings. The number of epoxide rings is 1. The Bertz CT molecular complexity index is 116. The van der Waals surface area contributed by atoms with E-state index in [9.17, 15) is 0 Å². The van der Waals surface area contributed by atoms with Crippen molar-refractivity contribution in [3.05, 3.63) is 0 Å². The SMILES string of the molecule is OOOOOCCCOCC1CO1. The van der Waals surface area contributed by atoms with E-state index < -0.39 is 0 Å². The Morgan fingerprint density at radius 3 is 2.85 bits per heavy atom. The van der Waals surface area contributed by atoms with Crippen molar-refractivity contribution < 1.29 is 34.7 Å². The van der Waals surface area contributed by atoms with Gasteiger partial charge in [-0.15, -0.1) is 0 Å². The van der Waals surface area contributed by atoms with E-state index in [-0.39, 0.29) is 12.7 Å². The number of hydrogen-bond donors (Lipinski definition) is 1. The lowest BCUT2D eigenvalue weighted by Crippen LogP contribution is -2.06. The monoisotopic (exact) mass is 196 g/mol. The van der Waals surface area contributed by atoms with E-state index in [0.29, 0.717) is 19.6 Å². The summed E-state index contributed by atoms with van der Waals surface area (Å²) in [5.41, 5.74) is 0. The highest BCUT2D eigenvalue weighted by molar-refractivity contribution is 4.66. The molecule has 0 spiro atoms. The molecule has 0 aliphatic carbocycles. The maximum atomic E-state index is 7.61. The average Bonchev–Trinajstić information content (AvgIpc) is 2.93. The van der Waals surface area contributed by atoms with Crippen molar-refractivity contribution in [2.24, 2.45) is 0 Å². The van der Waals surface area contributed by atoms with Crippen molar-refractivity contribution >= 4 is 0 Å². The van der Waals surface area contributed by atoms with E-state index in [4.69, 9.17) is 14.7 Å². The van der Waals surface area contributed by atoms with Crippen LogP contribution in [0.25, 0.3) is 0 Å². The van der Waals surface area contributed by atoms with E-state index >= 15 is 0 Å². The summed E-state index contributed by atoms with van der Waals surface area (Å²) in [5, 5.41) is 18.2. The highest BCUT2D eigenvalue weighted by atomic mass is 17.8. The zero-order chi connectivity index (χ0) is 9.36. The highest BCUT2D eigenvalue weighted by Crippen LogP contribution is 2.08. The van der Waals surface area contributed by atoms with Gasteiger partial charge in [-0.2, -0.15) is 0 Å². The number of hydrogen-bond acceptors (Lipinski definition) is 7. The van der Waals surface area contributed by atoms with Gasteiger partial charge in [-0.1, -0.05) is 0 Å². The Hall–Kier alpha value is -0.280. The van der Waals surface area contributed by atoms with Gasteiger partial charge in [0.2, 0.25) is 0 Å². The van der Waals surface area contributed by atoms with Crippen LogP contribution in [0, 0.1) is 0 Å². The van der Waals surface area contributed by atoms with E-state index in [0.717, 1.165) is 6.61 Å². The molecule has 13 heavy (non-hydrogen) atoms. The van der Waals surface area contributed by atoms with Crippen LogP contribution in [-0.4, -0.2) is 37.8 Å². The fraction of sp³-hybridized carbons (Fsp3) is 1.00. The smallest absolute Gasteiger partial charge is 0.104 e. The lowest BCUT2D eigenvalue weighted by atomic mass is 10.5. The van der Waals surface area contributed by atoms with Crippen LogP contribution in [0.4, 0.5) is 0 Å². The second-order valence-corrected chi connectivity index (χ2v) is 2.42. The number of ether oxygens (including phenoxy) is 2. The van der Waals surface area contributed by atoms with Crippen molar-refractivity contribution in [3.8, 4) is 0 Å². The second kappa shape index (κ2) is 7.15. The Kier molecular flexibility index (Phi) is 5.94. The van der Waals surface area contributed by atoms with E-state index in [2.05, 4.69) is 20.0 Å². The summed E-state index contributed by atoms with van der Waals surface area (Å²) in [5.74, 6) is 0. The molecule has 1 aliphatic heterocycles. The zero-order valence-corrected chi connectivity index (χ0v) is 7.01. The third kappa shape index (κ3) is 6.84. The molecule has 1 unspecified atom stereocenters. The Morgan fingerprint density at radius 1 is 1.31 bits per heavy atom. The van der Waals surface area contributed by atoms with Crippen molar-refractivity contribution in [2.75, 3.05) is 26.4 Å². The van der Waals surface area contributed by atoms with Gasteiger partial charge in [0.25, 0.3) is 0 Å². The van der Waals surface area contributed by atoms with Gasteiger partial charge in [0.15, 0.2) is 0 Å². The van der Waals surface area contributed by atoms with Gasteiger partial charge >= 0.3 is 0 Å². The lowest BCUT2D eigenvalue weighted by Gasteiger charge is -2.01. The maximum Gasteiger partial charge on any atom is 0.104 e. The van der Waals surface area contributed by atoms with Crippen LogP contribution < -0.4 is 0 Å². The summed E-state index contributed by atoms with van der Waals surface area (Å²) in [6, 6.07) is 0. The van der Waals surface area contributed by atoms with Gasteiger partial charge in [0.05, 0.1) is 19.8 Å². The third-order valence-corrected chi connectivity index (χ3v) is 1.33. The standard InChI is InChI=1S/C6H12O7/c7-11-13-12-10-3-1-2-8-4-6-5-9-6/h6-7H,1-5H2. The first kappa shape index (κ1) is 10.8. The van der Waals surface area contributed by atoms with Crippen LogP contribution in [0.1, 0.15) is 6.42 Å². The van der Waals surface area contributed by atoms with Crippen LogP contribution in [0.3, 0.4) is 0 Å². The van der Waals surface area contributed by atoms with Gasteiger partial charge < -0.3 is 9.47 Å². The molecule has 0 bridgehead atoms. The minimum atomic E-state index is 0.281. The van der Waals surface area contributed by atoms with Crippen LogP contribution >= 0.6 is 0 Å². The molecular weight excluding hydrogens is 184 g/mol. The van der Waals surface area contributed by atoms with Crippen LogP contribution in [0.2, 0.25) is 0 Å². The van der Waals surface area contributed by atoms with Gasteiger partial charge in [-0.3, -0.25) is 0 Å². The lowest BCUT2D eigenvalue weighted by molar-refractivity contribution is -0.702. The van der Waals surface area contributed by atoms with Gasteiger partial charge in [0.1, 0.15) is 6.10 Å². The molecule has 0 amide bonds.